The van der Waals surface area contributed by atoms with Gasteiger partial charge in [0.1, 0.15) is 11.5 Å². The molecule has 0 unspecified atom stereocenters. The van der Waals surface area contributed by atoms with E-state index in [1.807, 2.05) is 28.8 Å². The van der Waals surface area contributed by atoms with E-state index in [1.54, 1.807) is 37.6 Å². The summed E-state index contributed by atoms with van der Waals surface area (Å²) in [4.78, 5) is 24.8. The lowest BCUT2D eigenvalue weighted by Gasteiger charge is -2.07. The molecule has 0 aliphatic heterocycles. The number of nitriles is 1. The number of hydrogen-bond acceptors (Lipinski definition) is 6. The van der Waals surface area contributed by atoms with E-state index in [4.69, 9.17) is 19.5 Å². The standard InChI is InChI=1S/C24H22N2O5/c1-29-18-9-10-23(30-2)17(14-18)8-11-24(28)31-16-22(27)20-15-26(13-5-12-25)21-7-4-3-6-19(20)21/h3-4,6-11,14-15H,5,13,16H2,1-2H3/b11-8+. The van der Waals surface area contributed by atoms with Crippen LogP contribution in [0, 0.1) is 11.3 Å². The highest BCUT2D eigenvalue weighted by atomic mass is 16.5. The zero-order valence-corrected chi connectivity index (χ0v) is 17.3. The number of ether oxygens (including phenoxy) is 3. The summed E-state index contributed by atoms with van der Waals surface area (Å²) in [6.45, 7) is 0.0971. The van der Waals surface area contributed by atoms with E-state index in [0.717, 1.165) is 10.9 Å². The number of methoxy groups -OCH3 is 2. The van der Waals surface area contributed by atoms with Gasteiger partial charge in [-0.2, -0.15) is 5.26 Å². The molecule has 0 atom stereocenters. The Morgan fingerprint density at radius 2 is 1.94 bits per heavy atom. The van der Waals surface area contributed by atoms with Gasteiger partial charge in [-0.05, 0) is 30.3 Å². The molecule has 2 aromatic carbocycles. The molecule has 158 valence electrons. The summed E-state index contributed by atoms with van der Waals surface area (Å²) in [5, 5.41) is 9.61. The monoisotopic (exact) mass is 418 g/mol. The number of nitrogens with zero attached hydrogens (tertiary/aromatic N) is 2. The third kappa shape index (κ3) is 5.11. The van der Waals surface area contributed by atoms with Crippen LogP contribution in [0.3, 0.4) is 0 Å². The fraction of sp³-hybridized carbons (Fsp3) is 0.208. The molecular weight excluding hydrogens is 396 g/mol. The minimum absolute atomic E-state index is 0.312. The molecule has 0 radical (unpaired) electrons. The minimum atomic E-state index is -0.647. The number of carbonyl (C=O) groups excluding carboxylic acids is 2. The summed E-state index contributed by atoms with van der Waals surface area (Å²) in [6.07, 6.45) is 4.82. The maximum absolute atomic E-state index is 12.7. The average Bonchev–Trinajstić information content (AvgIpc) is 3.18. The van der Waals surface area contributed by atoms with Gasteiger partial charge in [-0.3, -0.25) is 4.79 Å². The van der Waals surface area contributed by atoms with E-state index in [0.29, 0.717) is 35.6 Å². The number of benzene rings is 2. The van der Waals surface area contributed by atoms with E-state index in [9.17, 15) is 9.59 Å². The summed E-state index contributed by atoms with van der Waals surface area (Å²) >= 11 is 0. The number of aryl methyl sites for hydroxylation is 1. The van der Waals surface area contributed by atoms with Crippen molar-refractivity contribution in [3.8, 4) is 17.6 Å². The highest BCUT2D eigenvalue weighted by Crippen LogP contribution is 2.25. The Kier molecular flexibility index (Phi) is 7.07. The third-order valence-corrected chi connectivity index (χ3v) is 4.73. The number of rotatable bonds is 9. The molecule has 0 spiro atoms. The zero-order chi connectivity index (χ0) is 22.2. The van der Waals surface area contributed by atoms with Crippen molar-refractivity contribution in [2.24, 2.45) is 0 Å². The summed E-state index contributed by atoms with van der Waals surface area (Å²) < 4.78 is 17.5. The molecule has 3 rings (SSSR count). The Bertz CT molecular complexity index is 1170. The van der Waals surface area contributed by atoms with Gasteiger partial charge in [0.15, 0.2) is 6.61 Å². The van der Waals surface area contributed by atoms with Gasteiger partial charge in [-0.15, -0.1) is 0 Å². The largest absolute Gasteiger partial charge is 0.497 e. The van der Waals surface area contributed by atoms with E-state index in [1.165, 1.54) is 13.2 Å². The normalized spacial score (nSPS) is 10.7. The van der Waals surface area contributed by atoms with Crippen molar-refractivity contribution in [1.29, 1.82) is 5.26 Å². The summed E-state index contributed by atoms with van der Waals surface area (Å²) in [5.41, 5.74) is 1.96. The van der Waals surface area contributed by atoms with Crippen LogP contribution in [-0.4, -0.2) is 37.1 Å². The number of Topliss-reactive ketones (excluding diaryl/α,β-unsaturated/α-hetero) is 1. The third-order valence-electron chi connectivity index (χ3n) is 4.73. The molecule has 0 bridgehead atoms. The van der Waals surface area contributed by atoms with Gasteiger partial charge in [-0.1, -0.05) is 18.2 Å². The summed E-state index contributed by atoms with van der Waals surface area (Å²) in [5.74, 6) is 0.238. The molecule has 0 N–H and O–H groups in total. The fourth-order valence-corrected chi connectivity index (χ4v) is 3.21. The smallest absolute Gasteiger partial charge is 0.331 e. The van der Waals surface area contributed by atoms with Crippen molar-refractivity contribution in [2.45, 2.75) is 13.0 Å². The molecular formula is C24H22N2O5. The molecule has 1 heterocycles. The van der Waals surface area contributed by atoms with Crippen molar-refractivity contribution in [1.82, 2.24) is 4.57 Å². The Hall–Kier alpha value is -4.05. The van der Waals surface area contributed by atoms with E-state index in [-0.39, 0.29) is 12.4 Å². The van der Waals surface area contributed by atoms with Gasteiger partial charge >= 0.3 is 5.97 Å². The second-order valence-electron chi connectivity index (χ2n) is 6.63. The molecule has 7 heteroatoms. The van der Waals surface area contributed by atoms with Crippen LogP contribution in [0.5, 0.6) is 11.5 Å². The van der Waals surface area contributed by atoms with E-state index < -0.39 is 5.97 Å². The number of ketones is 1. The van der Waals surface area contributed by atoms with Crippen molar-refractivity contribution in [2.75, 3.05) is 20.8 Å². The number of hydrogen-bond donors (Lipinski definition) is 0. The first-order valence-electron chi connectivity index (χ1n) is 9.62. The molecule has 0 aliphatic carbocycles. The zero-order valence-electron chi connectivity index (χ0n) is 17.3. The molecule has 0 saturated heterocycles. The van der Waals surface area contributed by atoms with E-state index in [2.05, 4.69) is 6.07 Å². The summed E-state index contributed by atoms with van der Waals surface area (Å²) in [6, 6.07) is 14.7. The van der Waals surface area contributed by atoms with Crippen LogP contribution in [-0.2, 0) is 16.1 Å². The van der Waals surface area contributed by atoms with Gasteiger partial charge in [0.2, 0.25) is 5.78 Å². The minimum Gasteiger partial charge on any atom is -0.497 e. The van der Waals surface area contributed by atoms with Gasteiger partial charge in [-0.25, -0.2) is 4.79 Å². The topological polar surface area (TPSA) is 90.6 Å². The van der Waals surface area contributed by atoms with Crippen LogP contribution >= 0.6 is 0 Å². The predicted molar refractivity (Wildman–Crippen MR) is 116 cm³/mol. The molecule has 7 nitrogen and oxygen atoms in total. The van der Waals surface area contributed by atoms with Gasteiger partial charge in [0, 0.05) is 40.8 Å². The SMILES string of the molecule is COc1ccc(OC)c(/C=C/C(=O)OCC(=O)c2cn(CCC#N)c3ccccc23)c1. The van der Waals surface area contributed by atoms with Crippen LogP contribution in [0.15, 0.2) is 54.7 Å². The Labute approximate surface area is 180 Å². The second-order valence-corrected chi connectivity index (χ2v) is 6.63. The van der Waals surface area contributed by atoms with Gasteiger partial charge in [0.25, 0.3) is 0 Å². The fourth-order valence-electron chi connectivity index (χ4n) is 3.21. The van der Waals surface area contributed by atoms with Crippen LogP contribution in [0.2, 0.25) is 0 Å². The first kappa shape index (κ1) is 21.7. The Morgan fingerprint density at radius 1 is 1.13 bits per heavy atom. The maximum atomic E-state index is 12.7. The quantitative estimate of drug-likeness (QED) is 0.296. The number of para-hydroxylation sites is 1. The highest BCUT2D eigenvalue weighted by molar-refractivity contribution is 6.09. The van der Waals surface area contributed by atoms with Crippen LogP contribution in [0.1, 0.15) is 22.3 Å². The van der Waals surface area contributed by atoms with Crippen molar-refractivity contribution in [3.63, 3.8) is 0 Å². The van der Waals surface area contributed by atoms with Crippen molar-refractivity contribution < 1.29 is 23.8 Å². The summed E-state index contributed by atoms with van der Waals surface area (Å²) in [7, 11) is 3.08. The highest BCUT2D eigenvalue weighted by Gasteiger charge is 2.16. The first-order valence-corrected chi connectivity index (χ1v) is 9.62. The Balaban J connectivity index is 1.69. The molecule has 1 aromatic heterocycles. The van der Waals surface area contributed by atoms with Gasteiger partial charge in [0.05, 0.1) is 26.7 Å². The maximum Gasteiger partial charge on any atom is 0.331 e. The van der Waals surface area contributed by atoms with Crippen LogP contribution < -0.4 is 9.47 Å². The lowest BCUT2D eigenvalue weighted by molar-refractivity contribution is -0.136. The molecule has 0 saturated carbocycles. The second kappa shape index (κ2) is 10.1. The Morgan fingerprint density at radius 3 is 2.68 bits per heavy atom. The lowest BCUT2D eigenvalue weighted by atomic mass is 10.1. The molecule has 0 aliphatic rings. The molecule has 0 amide bonds. The van der Waals surface area contributed by atoms with Crippen molar-refractivity contribution in [3.05, 3.63) is 65.9 Å². The predicted octanol–water partition coefficient (Wildman–Crippen LogP) is 4.01. The number of fused-ring (bicyclic) bond motifs is 1. The van der Waals surface area contributed by atoms with Crippen LogP contribution in [0.4, 0.5) is 0 Å². The average molecular weight is 418 g/mol. The molecule has 3 aromatic rings. The van der Waals surface area contributed by atoms with Crippen molar-refractivity contribution >= 4 is 28.7 Å². The van der Waals surface area contributed by atoms with Crippen LogP contribution in [0.25, 0.3) is 17.0 Å². The lowest BCUT2D eigenvalue weighted by Crippen LogP contribution is -2.12. The molecule has 0 fully saturated rings. The first-order chi connectivity index (χ1) is 15.1. The number of carbonyl (C=O) groups is 2. The number of esters is 1. The number of aromatic nitrogens is 1. The van der Waals surface area contributed by atoms with Gasteiger partial charge < -0.3 is 18.8 Å². The molecule has 31 heavy (non-hydrogen) atoms. The van der Waals surface area contributed by atoms with E-state index >= 15 is 0 Å².